The van der Waals surface area contributed by atoms with Crippen molar-refractivity contribution < 1.29 is 9.90 Å². The Morgan fingerprint density at radius 2 is 1.92 bits per heavy atom. The van der Waals surface area contributed by atoms with E-state index in [0.29, 0.717) is 22.0 Å². The van der Waals surface area contributed by atoms with Gasteiger partial charge in [0.1, 0.15) is 5.69 Å². The lowest BCUT2D eigenvalue weighted by atomic mass is 10.2. The van der Waals surface area contributed by atoms with Crippen LogP contribution in [0.4, 0.5) is 0 Å². The number of nitrogens with zero attached hydrogens (tertiary/aromatic N) is 3. The molecule has 0 bridgehead atoms. The molecule has 0 saturated carbocycles. The molecule has 0 atom stereocenters. The third-order valence-corrected chi connectivity index (χ3v) is 4.13. The summed E-state index contributed by atoms with van der Waals surface area (Å²) in [6.07, 6.45) is 0. The predicted molar refractivity (Wildman–Crippen MR) is 96.4 cm³/mol. The molecule has 0 aliphatic carbocycles. The lowest BCUT2D eigenvalue weighted by molar-refractivity contribution is 0.0697. The van der Waals surface area contributed by atoms with E-state index in [1.165, 1.54) is 6.07 Å². The fourth-order valence-corrected chi connectivity index (χ4v) is 2.91. The summed E-state index contributed by atoms with van der Waals surface area (Å²) >= 11 is 5.33. The Hall–Kier alpha value is -3.32. The second kappa shape index (κ2) is 5.95. The van der Waals surface area contributed by atoms with E-state index in [9.17, 15) is 9.90 Å². The third-order valence-electron chi connectivity index (χ3n) is 3.85. The number of carbonyl (C=O) groups is 1. The zero-order chi connectivity index (χ0) is 17.4. The van der Waals surface area contributed by atoms with Crippen molar-refractivity contribution in [1.82, 2.24) is 19.7 Å². The van der Waals surface area contributed by atoms with E-state index in [2.05, 4.69) is 15.2 Å². The summed E-state index contributed by atoms with van der Waals surface area (Å²) in [6.45, 7) is 0. The highest BCUT2D eigenvalue weighted by Gasteiger charge is 2.14. The molecule has 2 N–H and O–H groups in total. The highest BCUT2D eigenvalue weighted by Crippen LogP contribution is 2.23. The minimum absolute atomic E-state index is 0.179. The normalized spacial score (nSPS) is 10.9. The number of carboxylic acid groups (broad SMARTS) is 1. The zero-order valence-corrected chi connectivity index (χ0v) is 13.7. The number of benzene rings is 2. The Morgan fingerprint density at radius 1 is 1.08 bits per heavy atom. The molecule has 6 nitrogen and oxygen atoms in total. The first-order valence-corrected chi connectivity index (χ1v) is 7.91. The number of hydrogen-bond donors (Lipinski definition) is 2. The summed E-state index contributed by atoms with van der Waals surface area (Å²) in [7, 11) is 0. The highest BCUT2D eigenvalue weighted by molar-refractivity contribution is 7.71. The molecule has 2 heterocycles. The average Bonchev–Trinajstić information content (AvgIpc) is 3.03. The standard InChI is InChI=1S/C18H12N4O2S/c23-17(24)12-5-3-6-13(10-12)22-16(20-21-18(22)25)15-9-8-11-4-1-2-7-14(11)19-15/h1-10H,(H,21,25)(H,23,24). The van der Waals surface area contributed by atoms with Crippen LogP contribution < -0.4 is 0 Å². The van der Waals surface area contributed by atoms with Crippen molar-refractivity contribution in [3.05, 3.63) is 71.0 Å². The molecule has 7 heteroatoms. The fourth-order valence-electron chi connectivity index (χ4n) is 2.68. The van der Waals surface area contributed by atoms with Gasteiger partial charge in [-0.2, -0.15) is 5.10 Å². The number of H-pyrrole nitrogens is 1. The molecule has 0 spiro atoms. The number of aromatic amines is 1. The van der Waals surface area contributed by atoms with Crippen molar-refractivity contribution in [2.45, 2.75) is 0 Å². The van der Waals surface area contributed by atoms with Gasteiger partial charge in [0.15, 0.2) is 10.6 Å². The molecule has 2 aromatic carbocycles. The fraction of sp³-hybridized carbons (Fsp3) is 0. The van der Waals surface area contributed by atoms with Gasteiger partial charge in [-0.15, -0.1) is 0 Å². The maximum Gasteiger partial charge on any atom is 0.335 e. The SMILES string of the molecule is O=C(O)c1cccc(-n2c(-c3ccc4ccccc4n3)n[nH]c2=S)c1. The minimum Gasteiger partial charge on any atom is -0.478 e. The maximum atomic E-state index is 11.2. The maximum absolute atomic E-state index is 11.2. The van der Waals surface area contributed by atoms with E-state index in [1.807, 2.05) is 36.4 Å². The van der Waals surface area contributed by atoms with Crippen LogP contribution in [0, 0.1) is 4.77 Å². The summed E-state index contributed by atoms with van der Waals surface area (Å²) in [5, 5.41) is 17.3. The number of rotatable bonds is 3. The van der Waals surface area contributed by atoms with Crippen LogP contribution in [-0.4, -0.2) is 30.8 Å². The van der Waals surface area contributed by atoms with Crippen LogP contribution in [0.25, 0.3) is 28.1 Å². The van der Waals surface area contributed by atoms with Crippen molar-refractivity contribution >= 4 is 29.1 Å². The molecule has 122 valence electrons. The zero-order valence-electron chi connectivity index (χ0n) is 12.9. The molecule has 4 rings (SSSR count). The summed E-state index contributed by atoms with van der Waals surface area (Å²) < 4.78 is 2.05. The molecule has 0 saturated heterocycles. The molecule has 4 aromatic rings. The summed E-state index contributed by atoms with van der Waals surface area (Å²) in [5.74, 6) is -0.472. The van der Waals surface area contributed by atoms with Gasteiger partial charge in [0.25, 0.3) is 0 Å². The molecule has 0 radical (unpaired) electrons. The van der Waals surface area contributed by atoms with Crippen LogP contribution in [0.3, 0.4) is 0 Å². The van der Waals surface area contributed by atoms with Gasteiger partial charge in [-0.25, -0.2) is 9.78 Å². The van der Waals surface area contributed by atoms with Gasteiger partial charge in [0, 0.05) is 5.39 Å². The largest absolute Gasteiger partial charge is 0.478 e. The van der Waals surface area contributed by atoms with Gasteiger partial charge in [-0.3, -0.25) is 9.67 Å². The molecule has 0 fully saturated rings. The number of nitrogens with one attached hydrogen (secondary N) is 1. The van der Waals surface area contributed by atoms with Gasteiger partial charge in [-0.1, -0.05) is 30.3 Å². The van der Waals surface area contributed by atoms with Crippen molar-refractivity contribution in [3.8, 4) is 17.2 Å². The second-order valence-electron chi connectivity index (χ2n) is 5.43. The first kappa shape index (κ1) is 15.2. The van der Waals surface area contributed by atoms with Gasteiger partial charge in [-0.05, 0) is 42.5 Å². The van der Waals surface area contributed by atoms with Crippen LogP contribution in [0.5, 0.6) is 0 Å². The first-order valence-electron chi connectivity index (χ1n) is 7.51. The average molecular weight is 348 g/mol. The smallest absolute Gasteiger partial charge is 0.335 e. The lowest BCUT2D eigenvalue weighted by Crippen LogP contribution is -2.02. The monoisotopic (exact) mass is 348 g/mol. The molecule has 0 aliphatic heterocycles. The Kier molecular flexibility index (Phi) is 3.62. The number of fused-ring (bicyclic) bond motifs is 1. The predicted octanol–water partition coefficient (Wildman–Crippen LogP) is 3.84. The topological polar surface area (TPSA) is 83.8 Å². The van der Waals surface area contributed by atoms with E-state index in [1.54, 1.807) is 22.8 Å². The lowest BCUT2D eigenvalue weighted by Gasteiger charge is -2.08. The highest BCUT2D eigenvalue weighted by atomic mass is 32.1. The van der Waals surface area contributed by atoms with Gasteiger partial charge in [0.2, 0.25) is 0 Å². The van der Waals surface area contributed by atoms with Crippen LogP contribution >= 0.6 is 12.2 Å². The molecule has 0 amide bonds. The van der Waals surface area contributed by atoms with Gasteiger partial charge >= 0.3 is 5.97 Å². The number of pyridine rings is 1. The van der Waals surface area contributed by atoms with Crippen LogP contribution in [0.15, 0.2) is 60.7 Å². The number of aromatic nitrogens is 4. The van der Waals surface area contributed by atoms with E-state index in [4.69, 9.17) is 12.2 Å². The van der Waals surface area contributed by atoms with Gasteiger partial charge < -0.3 is 5.11 Å². The van der Waals surface area contributed by atoms with E-state index in [-0.39, 0.29) is 5.56 Å². The Morgan fingerprint density at radius 3 is 2.76 bits per heavy atom. The van der Waals surface area contributed by atoms with E-state index in [0.717, 1.165) is 10.9 Å². The molecule has 2 aromatic heterocycles. The number of para-hydroxylation sites is 1. The van der Waals surface area contributed by atoms with Crippen LogP contribution in [-0.2, 0) is 0 Å². The Labute approximate surface area is 147 Å². The summed E-state index contributed by atoms with van der Waals surface area (Å²) in [5.41, 5.74) is 2.29. The van der Waals surface area contributed by atoms with E-state index < -0.39 is 5.97 Å². The Bertz CT molecular complexity index is 1160. The van der Waals surface area contributed by atoms with Crippen molar-refractivity contribution in [2.24, 2.45) is 0 Å². The first-order chi connectivity index (χ1) is 12.1. The van der Waals surface area contributed by atoms with Gasteiger partial charge in [0.05, 0.1) is 16.8 Å². The number of aromatic carboxylic acids is 1. The molecule has 0 unspecified atom stereocenters. The molecular formula is C18H12N4O2S. The van der Waals surface area contributed by atoms with Crippen LogP contribution in [0.2, 0.25) is 0 Å². The second-order valence-corrected chi connectivity index (χ2v) is 5.82. The summed E-state index contributed by atoms with van der Waals surface area (Å²) in [6, 6.07) is 18.2. The summed E-state index contributed by atoms with van der Waals surface area (Å²) in [4.78, 5) is 15.9. The molecule has 25 heavy (non-hydrogen) atoms. The Balaban J connectivity index is 1.91. The quantitative estimate of drug-likeness (QED) is 0.550. The number of carboxylic acids is 1. The third kappa shape index (κ3) is 2.70. The van der Waals surface area contributed by atoms with Crippen molar-refractivity contribution in [1.29, 1.82) is 0 Å². The molecular weight excluding hydrogens is 336 g/mol. The molecule has 0 aliphatic rings. The minimum atomic E-state index is -0.998. The van der Waals surface area contributed by atoms with E-state index >= 15 is 0 Å². The van der Waals surface area contributed by atoms with Crippen LogP contribution in [0.1, 0.15) is 10.4 Å². The number of hydrogen-bond acceptors (Lipinski definition) is 4. The van der Waals surface area contributed by atoms with Crippen molar-refractivity contribution in [2.75, 3.05) is 0 Å². The van der Waals surface area contributed by atoms with Crippen molar-refractivity contribution in [3.63, 3.8) is 0 Å².